The lowest BCUT2D eigenvalue weighted by Crippen LogP contribution is -2.33. The molecular formula is C22H17Cl2N3O4S. The Labute approximate surface area is 199 Å². The van der Waals surface area contributed by atoms with E-state index in [1.807, 2.05) is 0 Å². The minimum Gasteiger partial charge on any atom is -0.495 e. The number of rotatable bonds is 6. The predicted octanol–water partition coefficient (Wildman–Crippen LogP) is 5.37. The highest BCUT2D eigenvalue weighted by Crippen LogP contribution is 2.28. The Morgan fingerprint density at radius 1 is 1.09 bits per heavy atom. The number of ether oxygens (including phenoxy) is 1. The Hall–Kier alpha value is -3.33. The van der Waals surface area contributed by atoms with Crippen molar-refractivity contribution in [1.82, 2.24) is 5.32 Å². The fraction of sp³-hybridized carbons (Fsp3) is 0.0455. The van der Waals surface area contributed by atoms with Gasteiger partial charge in [0.25, 0.3) is 5.91 Å². The highest BCUT2D eigenvalue weighted by molar-refractivity contribution is 7.80. The Morgan fingerprint density at radius 3 is 2.59 bits per heavy atom. The van der Waals surface area contributed by atoms with Crippen molar-refractivity contribution >= 4 is 69.8 Å². The van der Waals surface area contributed by atoms with Gasteiger partial charge < -0.3 is 19.8 Å². The molecule has 10 heteroatoms. The van der Waals surface area contributed by atoms with Gasteiger partial charge in [-0.05, 0) is 66.3 Å². The maximum Gasteiger partial charge on any atom is 0.291 e. The number of amides is 2. The maximum atomic E-state index is 12.2. The van der Waals surface area contributed by atoms with E-state index in [9.17, 15) is 9.59 Å². The summed E-state index contributed by atoms with van der Waals surface area (Å²) in [7, 11) is 1.49. The van der Waals surface area contributed by atoms with Crippen molar-refractivity contribution < 1.29 is 18.7 Å². The van der Waals surface area contributed by atoms with Gasteiger partial charge in [-0.15, -0.1) is 0 Å². The molecule has 0 atom stereocenters. The molecule has 0 fully saturated rings. The van der Waals surface area contributed by atoms with Crippen molar-refractivity contribution in [2.45, 2.75) is 0 Å². The topological polar surface area (TPSA) is 92.6 Å². The van der Waals surface area contributed by atoms with Gasteiger partial charge in [-0.2, -0.15) is 0 Å². The summed E-state index contributed by atoms with van der Waals surface area (Å²) in [4.78, 5) is 24.4. The second kappa shape index (κ2) is 10.8. The van der Waals surface area contributed by atoms with Crippen LogP contribution in [0.1, 0.15) is 16.1 Å². The zero-order chi connectivity index (χ0) is 23.1. The van der Waals surface area contributed by atoms with Gasteiger partial charge in [0.15, 0.2) is 10.9 Å². The molecule has 7 nitrogen and oxygen atoms in total. The van der Waals surface area contributed by atoms with Crippen LogP contribution < -0.4 is 20.7 Å². The first-order valence-electron chi connectivity index (χ1n) is 9.13. The number of benzene rings is 2. The smallest absolute Gasteiger partial charge is 0.291 e. The number of furan rings is 1. The fourth-order valence-electron chi connectivity index (χ4n) is 2.59. The van der Waals surface area contributed by atoms with Gasteiger partial charge in [-0.1, -0.05) is 29.3 Å². The number of anilines is 2. The van der Waals surface area contributed by atoms with Crippen LogP contribution in [-0.4, -0.2) is 24.0 Å². The van der Waals surface area contributed by atoms with Gasteiger partial charge in [0, 0.05) is 21.8 Å². The molecule has 3 rings (SSSR count). The SMILES string of the molecule is COc1ccc(NC(=O)c2ccco2)cc1NC(=S)NC(=O)/C=C/c1ccc(Cl)cc1Cl. The zero-order valence-corrected chi connectivity index (χ0v) is 19.0. The summed E-state index contributed by atoms with van der Waals surface area (Å²) < 4.78 is 10.4. The molecule has 0 spiro atoms. The summed E-state index contributed by atoms with van der Waals surface area (Å²) in [5.74, 6) is -0.241. The summed E-state index contributed by atoms with van der Waals surface area (Å²) in [6.07, 6.45) is 4.24. The van der Waals surface area contributed by atoms with E-state index in [1.54, 1.807) is 54.6 Å². The largest absolute Gasteiger partial charge is 0.495 e. The van der Waals surface area contributed by atoms with Crippen molar-refractivity contribution in [2.75, 3.05) is 17.7 Å². The summed E-state index contributed by atoms with van der Waals surface area (Å²) in [6, 6.07) is 13.0. The lowest BCUT2D eigenvalue weighted by Gasteiger charge is -2.14. The van der Waals surface area contributed by atoms with E-state index in [-0.39, 0.29) is 10.9 Å². The van der Waals surface area contributed by atoms with Gasteiger partial charge in [0.1, 0.15) is 5.75 Å². The zero-order valence-electron chi connectivity index (χ0n) is 16.6. The number of nitrogens with one attached hydrogen (secondary N) is 3. The summed E-state index contributed by atoms with van der Waals surface area (Å²) >= 11 is 17.2. The molecule has 0 aliphatic heterocycles. The third kappa shape index (κ3) is 6.34. The maximum absolute atomic E-state index is 12.2. The molecule has 32 heavy (non-hydrogen) atoms. The molecule has 0 aliphatic carbocycles. The molecule has 0 bridgehead atoms. The van der Waals surface area contributed by atoms with E-state index in [0.29, 0.717) is 32.7 Å². The number of thiocarbonyl (C=S) groups is 1. The van der Waals surface area contributed by atoms with Crippen molar-refractivity contribution in [3.8, 4) is 5.75 Å². The van der Waals surface area contributed by atoms with E-state index in [1.165, 1.54) is 19.4 Å². The molecule has 1 aromatic heterocycles. The Kier molecular flexibility index (Phi) is 7.88. The van der Waals surface area contributed by atoms with Crippen molar-refractivity contribution in [1.29, 1.82) is 0 Å². The van der Waals surface area contributed by atoms with Crippen LogP contribution in [-0.2, 0) is 4.79 Å². The summed E-state index contributed by atoms with van der Waals surface area (Å²) in [5.41, 5.74) is 1.55. The molecule has 3 aromatic rings. The number of hydrogen-bond donors (Lipinski definition) is 3. The number of hydrogen-bond acceptors (Lipinski definition) is 5. The van der Waals surface area contributed by atoms with Crippen molar-refractivity contribution in [3.05, 3.63) is 82.2 Å². The Morgan fingerprint density at radius 2 is 1.91 bits per heavy atom. The number of halogens is 2. The second-order valence-electron chi connectivity index (χ2n) is 6.29. The quantitative estimate of drug-likeness (QED) is 0.318. The third-order valence-electron chi connectivity index (χ3n) is 4.06. The van der Waals surface area contributed by atoms with E-state index in [2.05, 4.69) is 16.0 Å². The van der Waals surface area contributed by atoms with Crippen LogP contribution in [0.15, 0.2) is 65.3 Å². The highest BCUT2D eigenvalue weighted by Gasteiger charge is 2.12. The number of carbonyl (C=O) groups excluding carboxylic acids is 2. The normalized spacial score (nSPS) is 10.6. The van der Waals surface area contributed by atoms with E-state index in [0.717, 1.165) is 0 Å². The van der Waals surface area contributed by atoms with E-state index in [4.69, 9.17) is 44.6 Å². The average Bonchev–Trinajstić information content (AvgIpc) is 3.28. The molecule has 1 heterocycles. The number of methoxy groups -OCH3 is 1. The molecule has 164 valence electrons. The standard InChI is InChI=1S/C22H17Cl2N3O4S/c1-30-18-8-7-15(25-21(29)19-3-2-10-31-19)12-17(18)26-22(32)27-20(28)9-5-13-4-6-14(23)11-16(13)24/h2-12H,1H3,(H,25,29)(H2,26,27,28,32)/b9-5+. The van der Waals surface area contributed by atoms with Gasteiger partial charge in [-0.25, -0.2) is 0 Å². The molecular weight excluding hydrogens is 473 g/mol. The first-order chi connectivity index (χ1) is 15.4. The van der Waals surface area contributed by atoms with Crippen LogP contribution >= 0.6 is 35.4 Å². The number of carbonyl (C=O) groups is 2. The molecule has 2 amide bonds. The van der Waals surface area contributed by atoms with Crippen molar-refractivity contribution in [2.24, 2.45) is 0 Å². The van der Waals surface area contributed by atoms with Crippen LogP contribution in [0, 0.1) is 0 Å². The summed E-state index contributed by atoms with van der Waals surface area (Å²) in [6.45, 7) is 0. The minimum atomic E-state index is -0.463. The monoisotopic (exact) mass is 489 g/mol. The Bertz CT molecular complexity index is 1180. The molecule has 0 unspecified atom stereocenters. The van der Waals surface area contributed by atoms with E-state index < -0.39 is 11.8 Å². The lowest BCUT2D eigenvalue weighted by atomic mass is 10.2. The molecule has 0 aliphatic rings. The van der Waals surface area contributed by atoms with E-state index >= 15 is 0 Å². The molecule has 3 N–H and O–H groups in total. The first-order valence-corrected chi connectivity index (χ1v) is 10.3. The van der Waals surface area contributed by atoms with Gasteiger partial charge in [0.2, 0.25) is 5.91 Å². The molecule has 0 radical (unpaired) electrons. The minimum absolute atomic E-state index is 0.0367. The molecule has 2 aromatic carbocycles. The fourth-order valence-corrected chi connectivity index (χ4v) is 3.28. The van der Waals surface area contributed by atoms with Crippen LogP contribution in [0.25, 0.3) is 6.08 Å². The van der Waals surface area contributed by atoms with Crippen LogP contribution in [0.4, 0.5) is 11.4 Å². The van der Waals surface area contributed by atoms with Gasteiger partial charge in [0.05, 0.1) is 19.1 Å². The van der Waals surface area contributed by atoms with Gasteiger partial charge in [-0.3, -0.25) is 14.9 Å². The van der Waals surface area contributed by atoms with Crippen LogP contribution in [0.3, 0.4) is 0 Å². The van der Waals surface area contributed by atoms with Crippen LogP contribution in [0.2, 0.25) is 10.0 Å². The van der Waals surface area contributed by atoms with Gasteiger partial charge >= 0.3 is 0 Å². The summed E-state index contributed by atoms with van der Waals surface area (Å²) in [5, 5.41) is 9.07. The Balaban J connectivity index is 1.64. The van der Waals surface area contributed by atoms with Crippen molar-refractivity contribution in [3.63, 3.8) is 0 Å². The predicted molar refractivity (Wildman–Crippen MR) is 130 cm³/mol. The second-order valence-corrected chi connectivity index (χ2v) is 7.54. The third-order valence-corrected chi connectivity index (χ3v) is 4.83. The molecule has 0 saturated carbocycles. The van der Waals surface area contributed by atoms with Crippen LogP contribution in [0.5, 0.6) is 5.75 Å². The molecule has 0 saturated heterocycles. The average molecular weight is 490 g/mol. The highest BCUT2D eigenvalue weighted by atomic mass is 35.5. The first kappa shape index (κ1) is 23.3. The lowest BCUT2D eigenvalue weighted by molar-refractivity contribution is -0.115.